The third kappa shape index (κ3) is 5.81. The number of carboxylic acid groups (broad SMARTS) is 1. The first-order valence-corrected chi connectivity index (χ1v) is 10.7. The summed E-state index contributed by atoms with van der Waals surface area (Å²) in [5, 5.41) is 10.1. The number of nitrogens with zero attached hydrogens (tertiary/aromatic N) is 2. The normalized spacial score (nSPS) is 11.4. The summed E-state index contributed by atoms with van der Waals surface area (Å²) in [6.07, 6.45) is 5.97. The lowest BCUT2D eigenvalue weighted by Gasteiger charge is -2.08. The highest BCUT2D eigenvalue weighted by molar-refractivity contribution is 5.86. The summed E-state index contributed by atoms with van der Waals surface area (Å²) < 4.78 is 31.1. The van der Waals surface area contributed by atoms with Crippen molar-refractivity contribution in [1.29, 1.82) is 0 Å². The van der Waals surface area contributed by atoms with E-state index in [0.717, 1.165) is 46.3 Å². The second kappa shape index (κ2) is 10.4. The van der Waals surface area contributed by atoms with Crippen molar-refractivity contribution in [2.75, 3.05) is 0 Å². The minimum absolute atomic E-state index is 0.0810. The maximum absolute atomic E-state index is 12.3. The molecule has 1 N–H and O–H groups in total. The number of alkyl halides is 2. The van der Waals surface area contributed by atoms with Gasteiger partial charge in [-0.1, -0.05) is 24.3 Å². The Labute approximate surface area is 190 Å². The number of rotatable bonds is 10. The number of ether oxygens (including phenoxy) is 1. The van der Waals surface area contributed by atoms with Crippen molar-refractivity contribution in [3.05, 3.63) is 95.4 Å². The van der Waals surface area contributed by atoms with Gasteiger partial charge < -0.3 is 14.4 Å². The van der Waals surface area contributed by atoms with Gasteiger partial charge in [0.1, 0.15) is 0 Å². The molecule has 33 heavy (non-hydrogen) atoms. The molecule has 0 fully saturated rings. The van der Waals surface area contributed by atoms with Crippen LogP contribution in [0.3, 0.4) is 0 Å². The monoisotopic (exact) mass is 450 g/mol. The van der Waals surface area contributed by atoms with Crippen molar-refractivity contribution < 1.29 is 23.4 Å². The molecular formula is C26H24F2N2O3. The van der Waals surface area contributed by atoms with E-state index in [9.17, 15) is 13.6 Å². The maximum atomic E-state index is 12.3. The molecule has 170 valence electrons. The molecule has 0 unspecified atom stereocenters. The van der Waals surface area contributed by atoms with Gasteiger partial charge in [0.05, 0.1) is 12.1 Å². The molecule has 4 rings (SSSR count). The molecule has 2 aromatic heterocycles. The highest BCUT2D eigenvalue weighted by Gasteiger charge is 2.12. The highest BCUT2D eigenvalue weighted by atomic mass is 19.3. The molecule has 5 nitrogen and oxygen atoms in total. The summed E-state index contributed by atoms with van der Waals surface area (Å²) >= 11 is 0. The number of carbonyl (C=O) groups is 1. The first kappa shape index (κ1) is 22.6. The van der Waals surface area contributed by atoms with Gasteiger partial charge in [-0.2, -0.15) is 8.78 Å². The van der Waals surface area contributed by atoms with E-state index in [4.69, 9.17) is 5.11 Å². The average Bonchev–Trinajstić information content (AvgIpc) is 3.19. The van der Waals surface area contributed by atoms with E-state index in [-0.39, 0.29) is 13.0 Å². The lowest BCUT2D eigenvalue weighted by molar-refractivity contribution is -0.137. The summed E-state index contributed by atoms with van der Waals surface area (Å²) in [5.41, 5.74) is 5.69. The van der Waals surface area contributed by atoms with Crippen LogP contribution in [0.2, 0.25) is 0 Å². The van der Waals surface area contributed by atoms with Crippen LogP contribution in [0.25, 0.3) is 16.6 Å². The van der Waals surface area contributed by atoms with Crippen LogP contribution in [0, 0.1) is 0 Å². The van der Waals surface area contributed by atoms with Gasteiger partial charge in [0.2, 0.25) is 0 Å². The van der Waals surface area contributed by atoms with Crippen LogP contribution in [0.4, 0.5) is 8.78 Å². The van der Waals surface area contributed by atoms with Crippen molar-refractivity contribution in [3.63, 3.8) is 0 Å². The van der Waals surface area contributed by atoms with Crippen molar-refractivity contribution in [2.45, 2.75) is 38.9 Å². The fraction of sp³-hybridized carbons (Fsp3) is 0.231. The van der Waals surface area contributed by atoms with Crippen LogP contribution in [0.15, 0.2) is 73.1 Å². The summed E-state index contributed by atoms with van der Waals surface area (Å²) in [5.74, 6) is -0.820. The maximum Gasteiger partial charge on any atom is 0.345 e. The van der Waals surface area contributed by atoms with Gasteiger partial charge in [-0.15, -0.1) is 0 Å². The number of halogens is 2. The molecule has 0 bridgehead atoms. The predicted molar refractivity (Wildman–Crippen MR) is 122 cm³/mol. The fourth-order valence-electron chi connectivity index (χ4n) is 3.89. The minimum Gasteiger partial charge on any atom is -0.481 e. The van der Waals surface area contributed by atoms with E-state index in [1.54, 1.807) is 18.3 Å². The fourth-order valence-corrected chi connectivity index (χ4v) is 3.89. The molecule has 0 atom stereocenters. The zero-order chi connectivity index (χ0) is 23.2. The second-order valence-corrected chi connectivity index (χ2v) is 7.83. The van der Waals surface area contributed by atoms with Crippen molar-refractivity contribution in [3.8, 4) is 5.69 Å². The standard InChI is InChI=1S/C26H24F2N2O3/c27-26(28)33-17-19-4-10-22(11-5-19)30-16-20(8-9-21-3-1-2-14-29-21)23-15-18(6-12-24(23)30)7-13-25(31)32/h1-6,10-12,14-16,26H,7-9,13,17H2,(H,31,32). The molecular weight excluding hydrogens is 426 g/mol. The van der Waals surface area contributed by atoms with Gasteiger partial charge in [-0.05, 0) is 72.4 Å². The Morgan fingerprint density at radius 2 is 1.79 bits per heavy atom. The van der Waals surface area contributed by atoms with Crippen molar-refractivity contribution >= 4 is 16.9 Å². The number of benzene rings is 2. The van der Waals surface area contributed by atoms with E-state index >= 15 is 0 Å². The summed E-state index contributed by atoms with van der Waals surface area (Å²) in [4.78, 5) is 15.4. The van der Waals surface area contributed by atoms with Gasteiger partial charge in [0, 0.05) is 35.6 Å². The van der Waals surface area contributed by atoms with E-state index in [0.29, 0.717) is 12.0 Å². The Morgan fingerprint density at radius 3 is 2.48 bits per heavy atom. The summed E-state index contributed by atoms with van der Waals surface area (Å²) in [7, 11) is 0. The number of aromatic nitrogens is 2. The topological polar surface area (TPSA) is 64.3 Å². The van der Waals surface area contributed by atoms with Crippen LogP contribution in [-0.4, -0.2) is 27.2 Å². The van der Waals surface area contributed by atoms with Gasteiger partial charge >= 0.3 is 12.6 Å². The molecule has 4 aromatic rings. The largest absolute Gasteiger partial charge is 0.481 e. The summed E-state index contributed by atoms with van der Waals surface area (Å²) in [6, 6.07) is 19.2. The molecule has 2 heterocycles. The lowest BCUT2D eigenvalue weighted by atomic mass is 10.0. The highest BCUT2D eigenvalue weighted by Crippen LogP contribution is 2.28. The zero-order valence-electron chi connectivity index (χ0n) is 18.0. The molecule has 0 aliphatic rings. The third-order valence-corrected chi connectivity index (χ3v) is 5.55. The second-order valence-electron chi connectivity index (χ2n) is 7.83. The third-order valence-electron chi connectivity index (χ3n) is 5.55. The van der Waals surface area contributed by atoms with E-state index in [2.05, 4.69) is 26.6 Å². The van der Waals surface area contributed by atoms with Crippen molar-refractivity contribution in [1.82, 2.24) is 9.55 Å². The minimum atomic E-state index is -2.80. The Balaban J connectivity index is 1.66. The Kier molecular flexibility index (Phi) is 7.10. The lowest BCUT2D eigenvalue weighted by Crippen LogP contribution is -1.99. The first-order chi connectivity index (χ1) is 16.0. The number of fused-ring (bicyclic) bond motifs is 1. The number of aliphatic carboxylic acids is 1. The van der Waals surface area contributed by atoms with Crippen LogP contribution < -0.4 is 0 Å². The van der Waals surface area contributed by atoms with Crippen LogP contribution >= 0.6 is 0 Å². The molecule has 0 aliphatic heterocycles. The smallest absolute Gasteiger partial charge is 0.345 e. The Hall–Kier alpha value is -3.58. The quantitative estimate of drug-likeness (QED) is 0.343. The average molecular weight is 450 g/mol. The molecule has 0 amide bonds. The Morgan fingerprint density at radius 1 is 1.00 bits per heavy atom. The predicted octanol–water partition coefficient (Wildman–Crippen LogP) is 5.57. The van der Waals surface area contributed by atoms with Crippen LogP contribution in [-0.2, 0) is 35.4 Å². The molecule has 2 aromatic carbocycles. The number of hydrogen-bond donors (Lipinski definition) is 1. The number of pyridine rings is 1. The SMILES string of the molecule is O=C(O)CCc1ccc2c(c1)c(CCc1ccccn1)cn2-c1ccc(COC(F)F)cc1. The van der Waals surface area contributed by atoms with E-state index in [1.165, 1.54) is 0 Å². The zero-order valence-corrected chi connectivity index (χ0v) is 18.0. The van der Waals surface area contributed by atoms with Gasteiger partial charge in [-0.3, -0.25) is 9.78 Å². The van der Waals surface area contributed by atoms with Crippen LogP contribution in [0.5, 0.6) is 0 Å². The van der Waals surface area contributed by atoms with E-state index < -0.39 is 12.6 Å². The summed E-state index contributed by atoms with van der Waals surface area (Å²) in [6.45, 7) is -2.94. The molecule has 0 radical (unpaired) electrons. The van der Waals surface area contributed by atoms with Gasteiger partial charge in [0.25, 0.3) is 0 Å². The molecule has 7 heteroatoms. The van der Waals surface area contributed by atoms with E-state index in [1.807, 2.05) is 42.5 Å². The molecule has 0 spiro atoms. The van der Waals surface area contributed by atoms with Gasteiger partial charge in [0.15, 0.2) is 0 Å². The first-order valence-electron chi connectivity index (χ1n) is 10.7. The van der Waals surface area contributed by atoms with Gasteiger partial charge in [-0.25, -0.2) is 0 Å². The molecule has 0 aliphatic carbocycles. The molecule has 0 saturated carbocycles. The number of aryl methyl sites for hydroxylation is 3. The van der Waals surface area contributed by atoms with Crippen molar-refractivity contribution in [2.24, 2.45) is 0 Å². The Bertz CT molecular complexity index is 1220. The van der Waals surface area contributed by atoms with Crippen LogP contribution in [0.1, 0.15) is 28.8 Å². The number of hydrogen-bond acceptors (Lipinski definition) is 3. The number of carboxylic acids is 1. The molecule has 0 saturated heterocycles.